The maximum atomic E-state index is 11.9. The van der Waals surface area contributed by atoms with E-state index in [-0.39, 0.29) is 5.97 Å². The monoisotopic (exact) mass is 307 g/mol. The van der Waals surface area contributed by atoms with Crippen LogP contribution in [0.5, 0.6) is 5.75 Å². The number of carbonyl (C=O) groups excluding carboxylic acids is 1. The average Bonchev–Trinajstić information content (AvgIpc) is 2.47. The molecular formula is C16H25N3O3. The third kappa shape index (κ3) is 3.82. The summed E-state index contributed by atoms with van der Waals surface area (Å²) in [7, 11) is 1.61. The Kier molecular flexibility index (Phi) is 4.81. The van der Waals surface area contributed by atoms with Gasteiger partial charge in [0.05, 0.1) is 31.3 Å². The van der Waals surface area contributed by atoms with Crippen molar-refractivity contribution >= 4 is 17.3 Å². The van der Waals surface area contributed by atoms with Crippen molar-refractivity contribution in [1.29, 1.82) is 0 Å². The summed E-state index contributed by atoms with van der Waals surface area (Å²) in [5.41, 5.74) is 7.04. The molecule has 2 N–H and O–H groups in total. The SMILES string of the molecule is COc1cc(N2CCN(OC(=O)C(C)(C)C)CC2)ccc1N. The molecule has 1 fully saturated rings. The van der Waals surface area contributed by atoms with Crippen molar-refractivity contribution < 1.29 is 14.4 Å². The maximum Gasteiger partial charge on any atom is 0.330 e. The van der Waals surface area contributed by atoms with Gasteiger partial charge in [-0.2, -0.15) is 0 Å². The second-order valence-electron chi connectivity index (χ2n) is 6.47. The van der Waals surface area contributed by atoms with Crippen molar-refractivity contribution in [2.75, 3.05) is 43.9 Å². The number of carbonyl (C=O) groups is 1. The Hall–Kier alpha value is -1.95. The van der Waals surface area contributed by atoms with Gasteiger partial charge in [-0.15, -0.1) is 5.06 Å². The number of hydrogen-bond acceptors (Lipinski definition) is 6. The third-order valence-corrected chi connectivity index (χ3v) is 3.65. The van der Waals surface area contributed by atoms with Gasteiger partial charge in [0.2, 0.25) is 0 Å². The average molecular weight is 307 g/mol. The summed E-state index contributed by atoms with van der Waals surface area (Å²) >= 11 is 0. The highest BCUT2D eigenvalue weighted by atomic mass is 16.7. The minimum absolute atomic E-state index is 0.199. The second kappa shape index (κ2) is 6.44. The molecule has 0 bridgehead atoms. The zero-order valence-electron chi connectivity index (χ0n) is 13.8. The number of rotatable bonds is 3. The summed E-state index contributed by atoms with van der Waals surface area (Å²) in [4.78, 5) is 19.5. The fourth-order valence-corrected chi connectivity index (χ4v) is 2.19. The third-order valence-electron chi connectivity index (χ3n) is 3.65. The number of hydroxylamine groups is 2. The number of nitrogens with two attached hydrogens (primary N) is 1. The molecule has 1 heterocycles. The molecule has 22 heavy (non-hydrogen) atoms. The molecule has 0 amide bonds. The summed E-state index contributed by atoms with van der Waals surface area (Å²) in [5, 5.41) is 1.73. The number of nitrogen functional groups attached to an aromatic ring is 1. The molecule has 0 aliphatic carbocycles. The number of methoxy groups -OCH3 is 1. The summed E-state index contributed by atoms with van der Waals surface area (Å²) in [6.45, 7) is 8.47. The Morgan fingerprint density at radius 2 is 1.82 bits per heavy atom. The quantitative estimate of drug-likeness (QED) is 0.860. The van der Waals surface area contributed by atoms with Crippen molar-refractivity contribution in [1.82, 2.24) is 5.06 Å². The molecule has 1 aliphatic rings. The van der Waals surface area contributed by atoms with E-state index in [1.807, 2.05) is 39.0 Å². The number of benzene rings is 1. The van der Waals surface area contributed by atoms with Crippen LogP contribution >= 0.6 is 0 Å². The summed E-state index contributed by atoms with van der Waals surface area (Å²) < 4.78 is 5.26. The lowest BCUT2D eigenvalue weighted by Crippen LogP contribution is -2.48. The van der Waals surface area contributed by atoms with E-state index in [9.17, 15) is 4.79 Å². The molecule has 0 unspecified atom stereocenters. The second-order valence-corrected chi connectivity index (χ2v) is 6.47. The molecule has 6 heteroatoms. The van der Waals surface area contributed by atoms with Gasteiger partial charge < -0.3 is 20.2 Å². The van der Waals surface area contributed by atoms with E-state index in [0.717, 1.165) is 18.8 Å². The molecule has 1 aromatic rings. The molecule has 122 valence electrons. The van der Waals surface area contributed by atoms with E-state index in [1.165, 1.54) is 0 Å². The van der Waals surface area contributed by atoms with Crippen molar-refractivity contribution in [2.24, 2.45) is 5.41 Å². The first-order valence-corrected chi connectivity index (χ1v) is 7.47. The standard InChI is InChI=1S/C16H25N3O3/c1-16(2,3)15(20)22-19-9-7-18(8-10-19)12-5-6-13(17)14(11-12)21-4/h5-6,11H,7-10,17H2,1-4H3. The van der Waals surface area contributed by atoms with Gasteiger partial charge in [-0.25, -0.2) is 4.79 Å². The van der Waals surface area contributed by atoms with Gasteiger partial charge in [0, 0.05) is 24.8 Å². The van der Waals surface area contributed by atoms with Gasteiger partial charge in [-0.05, 0) is 32.9 Å². The van der Waals surface area contributed by atoms with Crippen LogP contribution in [0.1, 0.15) is 20.8 Å². The van der Waals surface area contributed by atoms with Crippen LogP contribution in [0.15, 0.2) is 18.2 Å². The van der Waals surface area contributed by atoms with Crippen molar-refractivity contribution in [3.8, 4) is 5.75 Å². The van der Waals surface area contributed by atoms with Gasteiger partial charge in [0.25, 0.3) is 0 Å². The van der Waals surface area contributed by atoms with Gasteiger partial charge in [0.1, 0.15) is 5.75 Å². The minimum atomic E-state index is -0.485. The Balaban J connectivity index is 1.93. The Morgan fingerprint density at radius 3 is 2.36 bits per heavy atom. The minimum Gasteiger partial charge on any atom is -0.495 e. The molecule has 0 saturated carbocycles. The predicted molar refractivity (Wildman–Crippen MR) is 86.7 cm³/mol. The van der Waals surface area contributed by atoms with Gasteiger partial charge in [-0.3, -0.25) is 0 Å². The highest BCUT2D eigenvalue weighted by Gasteiger charge is 2.28. The first-order chi connectivity index (χ1) is 10.3. The molecule has 2 rings (SSSR count). The molecule has 1 aromatic carbocycles. The molecule has 1 aliphatic heterocycles. The molecule has 0 aromatic heterocycles. The fourth-order valence-electron chi connectivity index (χ4n) is 2.19. The van der Waals surface area contributed by atoms with E-state index < -0.39 is 5.41 Å². The fraction of sp³-hybridized carbons (Fsp3) is 0.562. The highest BCUT2D eigenvalue weighted by molar-refractivity contribution is 5.75. The van der Waals surface area contributed by atoms with Crippen LogP contribution in [0.3, 0.4) is 0 Å². The molecule has 6 nitrogen and oxygen atoms in total. The number of nitrogens with zero attached hydrogens (tertiary/aromatic N) is 2. The molecule has 0 atom stereocenters. The summed E-state index contributed by atoms with van der Waals surface area (Å²) in [6.07, 6.45) is 0. The summed E-state index contributed by atoms with van der Waals surface area (Å²) in [5.74, 6) is 0.481. The van der Waals surface area contributed by atoms with Crippen LogP contribution in [0.4, 0.5) is 11.4 Å². The van der Waals surface area contributed by atoms with Gasteiger partial charge in [0.15, 0.2) is 0 Å². The number of ether oxygens (including phenoxy) is 1. The van der Waals surface area contributed by atoms with Crippen LogP contribution in [-0.2, 0) is 9.63 Å². The van der Waals surface area contributed by atoms with Crippen LogP contribution in [0.25, 0.3) is 0 Å². The summed E-state index contributed by atoms with van der Waals surface area (Å²) in [6, 6.07) is 5.76. The Morgan fingerprint density at radius 1 is 1.18 bits per heavy atom. The number of anilines is 2. The number of hydrogen-bond donors (Lipinski definition) is 1. The lowest BCUT2D eigenvalue weighted by molar-refractivity contribution is -0.201. The highest BCUT2D eigenvalue weighted by Crippen LogP contribution is 2.28. The van der Waals surface area contributed by atoms with Crippen LogP contribution < -0.4 is 15.4 Å². The molecule has 0 spiro atoms. The largest absolute Gasteiger partial charge is 0.495 e. The van der Waals surface area contributed by atoms with E-state index in [0.29, 0.717) is 24.5 Å². The van der Waals surface area contributed by atoms with E-state index in [1.54, 1.807) is 12.2 Å². The van der Waals surface area contributed by atoms with Crippen LogP contribution in [0, 0.1) is 5.41 Å². The van der Waals surface area contributed by atoms with E-state index in [2.05, 4.69) is 4.90 Å². The van der Waals surface area contributed by atoms with Crippen molar-refractivity contribution in [3.63, 3.8) is 0 Å². The smallest absolute Gasteiger partial charge is 0.330 e. The van der Waals surface area contributed by atoms with Crippen LogP contribution in [-0.4, -0.2) is 44.3 Å². The topological polar surface area (TPSA) is 68.0 Å². The van der Waals surface area contributed by atoms with Gasteiger partial charge >= 0.3 is 5.97 Å². The van der Waals surface area contributed by atoms with E-state index in [4.69, 9.17) is 15.3 Å². The first-order valence-electron chi connectivity index (χ1n) is 7.47. The Labute approximate surface area is 131 Å². The lowest BCUT2D eigenvalue weighted by Gasteiger charge is -2.35. The normalized spacial score (nSPS) is 16.5. The van der Waals surface area contributed by atoms with Crippen molar-refractivity contribution in [3.05, 3.63) is 18.2 Å². The molecule has 0 radical (unpaired) electrons. The molecule has 1 saturated heterocycles. The zero-order chi connectivity index (χ0) is 16.3. The van der Waals surface area contributed by atoms with Crippen LogP contribution in [0.2, 0.25) is 0 Å². The predicted octanol–water partition coefficient (Wildman–Crippen LogP) is 1.90. The van der Waals surface area contributed by atoms with Crippen molar-refractivity contribution in [2.45, 2.75) is 20.8 Å². The maximum absolute atomic E-state index is 11.9. The van der Waals surface area contributed by atoms with E-state index >= 15 is 0 Å². The van der Waals surface area contributed by atoms with Gasteiger partial charge in [-0.1, -0.05) is 0 Å². The lowest BCUT2D eigenvalue weighted by atomic mass is 9.98. The number of piperazine rings is 1. The Bertz CT molecular complexity index is 532. The molecular weight excluding hydrogens is 282 g/mol. The zero-order valence-corrected chi connectivity index (χ0v) is 13.8. The first kappa shape index (κ1) is 16.4.